The van der Waals surface area contributed by atoms with Crippen LogP contribution < -0.4 is 5.32 Å². The van der Waals surface area contributed by atoms with Crippen LogP contribution in [0.3, 0.4) is 0 Å². The van der Waals surface area contributed by atoms with Crippen molar-refractivity contribution in [2.45, 2.75) is 37.0 Å². The fourth-order valence-electron chi connectivity index (χ4n) is 3.40. The topological polar surface area (TPSA) is 46.2 Å². The summed E-state index contributed by atoms with van der Waals surface area (Å²) in [6, 6.07) is 4.42. The van der Waals surface area contributed by atoms with Crippen molar-refractivity contribution in [2.75, 3.05) is 17.6 Å². The first-order valence-electron chi connectivity index (χ1n) is 6.78. The van der Waals surface area contributed by atoms with Gasteiger partial charge in [-0.25, -0.2) is 12.8 Å². The first kappa shape index (κ1) is 12.9. The molecule has 5 heteroatoms. The highest BCUT2D eigenvalue weighted by molar-refractivity contribution is 7.91. The molecule has 1 spiro atoms. The summed E-state index contributed by atoms with van der Waals surface area (Å²) in [5, 5.41) is 3.16. The molecular formula is C14H18FNO2S. The minimum absolute atomic E-state index is 0.0704. The fourth-order valence-corrected chi connectivity index (χ4v) is 5.58. The molecule has 1 aliphatic heterocycles. The van der Waals surface area contributed by atoms with E-state index in [0.717, 1.165) is 25.7 Å². The molecule has 1 fully saturated rings. The Hall–Kier alpha value is -1.10. The van der Waals surface area contributed by atoms with Gasteiger partial charge < -0.3 is 5.32 Å². The maximum Gasteiger partial charge on any atom is 0.183 e. The Balaban J connectivity index is 2.06. The third-order valence-corrected chi connectivity index (χ3v) is 6.37. The number of sulfone groups is 1. The van der Waals surface area contributed by atoms with E-state index >= 15 is 0 Å². The summed E-state index contributed by atoms with van der Waals surface area (Å²) >= 11 is 0. The molecule has 0 aromatic heterocycles. The van der Waals surface area contributed by atoms with Crippen LogP contribution in [0.15, 0.2) is 23.1 Å². The maximum absolute atomic E-state index is 13.9. The van der Waals surface area contributed by atoms with E-state index in [2.05, 4.69) is 5.32 Å². The molecule has 1 N–H and O–H groups in total. The van der Waals surface area contributed by atoms with Crippen LogP contribution in [-0.2, 0) is 9.84 Å². The van der Waals surface area contributed by atoms with Crippen LogP contribution in [0.1, 0.15) is 32.1 Å². The molecule has 1 aliphatic carbocycles. The van der Waals surface area contributed by atoms with Crippen LogP contribution in [0.2, 0.25) is 0 Å². The normalized spacial score (nSPS) is 24.3. The largest absolute Gasteiger partial charge is 0.383 e. The Bertz CT molecular complexity index is 591. The van der Waals surface area contributed by atoms with E-state index in [1.54, 1.807) is 12.1 Å². The van der Waals surface area contributed by atoms with Crippen LogP contribution in [0.4, 0.5) is 10.1 Å². The van der Waals surface area contributed by atoms with Crippen molar-refractivity contribution in [3.8, 4) is 0 Å². The molecule has 0 amide bonds. The third kappa shape index (κ3) is 2.24. The Morgan fingerprint density at radius 2 is 1.89 bits per heavy atom. The fraction of sp³-hybridized carbons (Fsp3) is 0.571. The molecular weight excluding hydrogens is 265 g/mol. The Morgan fingerprint density at radius 1 is 1.16 bits per heavy atom. The zero-order chi connectivity index (χ0) is 13.5. The predicted molar refractivity (Wildman–Crippen MR) is 72.5 cm³/mol. The highest BCUT2D eigenvalue weighted by Gasteiger charge is 2.41. The van der Waals surface area contributed by atoms with Crippen LogP contribution >= 0.6 is 0 Å². The van der Waals surface area contributed by atoms with Gasteiger partial charge in [0.15, 0.2) is 9.84 Å². The molecule has 0 unspecified atom stereocenters. The number of nitrogens with one attached hydrogen (secondary N) is 1. The lowest BCUT2D eigenvalue weighted by Gasteiger charge is -2.35. The number of hydrogen-bond donors (Lipinski definition) is 1. The quantitative estimate of drug-likeness (QED) is 0.796. The van der Waals surface area contributed by atoms with Crippen molar-refractivity contribution in [1.82, 2.24) is 0 Å². The number of halogens is 1. The zero-order valence-electron chi connectivity index (χ0n) is 10.8. The molecule has 1 aromatic rings. The first-order valence-corrected chi connectivity index (χ1v) is 8.43. The van der Waals surface area contributed by atoms with E-state index in [1.165, 1.54) is 12.5 Å². The molecule has 2 aliphatic rings. The molecule has 0 saturated heterocycles. The maximum atomic E-state index is 13.9. The second-order valence-electron chi connectivity index (χ2n) is 5.79. The lowest BCUT2D eigenvalue weighted by atomic mass is 9.75. The van der Waals surface area contributed by atoms with Gasteiger partial charge in [0.1, 0.15) is 10.7 Å². The van der Waals surface area contributed by atoms with E-state index in [9.17, 15) is 12.8 Å². The first-order chi connectivity index (χ1) is 9.03. The highest BCUT2D eigenvalue weighted by atomic mass is 32.2. The van der Waals surface area contributed by atoms with Gasteiger partial charge in [0, 0.05) is 12.0 Å². The van der Waals surface area contributed by atoms with Crippen molar-refractivity contribution in [1.29, 1.82) is 0 Å². The molecule has 3 nitrogen and oxygen atoms in total. The van der Waals surface area contributed by atoms with Gasteiger partial charge >= 0.3 is 0 Å². The van der Waals surface area contributed by atoms with Crippen molar-refractivity contribution in [3.63, 3.8) is 0 Å². The molecule has 1 aromatic carbocycles. The summed E-state index contributed by atoms with van der Waals surface area (Å²) in [5.74, 6) is -0.571. The lowest BCUT2D eigenvalue weighted by Crippen LogP contribution is -2.36. The predicted octanol–water partition coefficient (Wildman–Crippen LogP) is 2.98. The van der Waals surface area contributed by atoms with Gasteiger partial charge in [-0.05, 0) is 25.0 Å². The third-order valence-electron chi connectivity index (χ3n) is 4.34. The van der Waals surface area contributed by atoms with Crippen molar-refractivity contribution >= 4 is 15.5 Å². The average Bonchev–Trinajstić information content (AvgIpc) is 2.46. The summed E-state index contributed by atoms with van der Waals surface area (Å²) in [4.78, 5) is -0.141. The molecule has 0 radical (unpaired) electrons. The standard InChI is InChI=1S/C14H18FNO2S/c15-11-5-4-6-12-13(11)19(17,18)10-14(9-16-12)7-2-1-3-8-14/h4-6,16H,1-3,7-10H2. The summed E-state index contributed by atoms with van der Waals surface area (Å²) < 4.78 is 38.9. The lowest BCUT2D eigenvalue weighted by molar-refractivity contribution is 0.237. The van der Waals surface area contributed by atoms with Crippen LogP contribution in [0.25, 0.3) is 0 Å². The van der Waals surface area contributed by atoms with Crippen LogP contribution in [0.5, 0.6) is 0 Å². The Morgan fingerprint density at radius 3 is 2.63 bits per heavy atom. The molecule has 104 valence electrons. The average molecular weight is 283 g/mol. The highest BCUT2D eigenvalue weighted by Crippen LogP contribution is 2.42. The molecule has 0 atom stereocenters. The number of fused-ring (bicyclic) bond motifs is 1. The van der Waals surface area contributed by atoms with Gasteiger partial charge in [-0.2, -0.15) is 0 Å². The Kier molecular flexibility index (Phi) is 3.04. The van der Waals surface area contributed by atoms with E-state index < -0.39 is 15.7 Å². The Labute approximate surface area is 113 Å². The summed E-state index contributed by atoms with van der Waals surface area (Å²) in [6.07, 6.45) is 5.12. The van der Waals surface area contributed by atoms with Gasteiger partial charge in [-0.1, -0.05) is 25.3 Å². The SMILES string of the molecule is O=S1(=O)CC2(CCCCC2)CNc2cccc(F)c21. The number of anilines is 1. The zero-order valence-corrected chi connectivity index (χ0v) is 11.6. The number of rotatable bonds is 0. The van der Waals surface area contributed by atoms with Crippen LogP contribution in [0, 0.1) is 11.2 Å². The van der Waals surface area contributed by atoms with Gasteiger partial charge in [0.25, 0.3) is 0 Å². The number of benzene rings is 1. The summed E-state index contributed by atoms with van der Waals surface area (Å²) in [7, 11) is -3.55. The van der Waals surface area contributed by atoms with E-state index in [1.807, 2.05) is 0 Å². The molecule has 1 heterocycles. The minimum atomic E-state index is -3.55. The van der Waals surface area contributed by atoms with Gasteiger partial charge in [0.2, 0.25) is 0 Å². The molecule has 19 heavy (non-hydrogen) atoms. The summed E-state index contributed by atoms with van der Waals surface area (Å²) in [6.45, 7) is 0.628. The van der Waals surface area contributed by atoms with Crippen molar-refractivity contribution in [3.05, 3.63) is 24.0 Å². The summed E-state index contributed by atoms with van der Waals surface area (Å²) in [5.41, 5.74) is 0.199. The molecule has 3 rings (SSSR count). The minimum Gasteiger partial charge on any atom is -0.383 e. The second kappa shape index (κ2) is 4.47. The van der Waals surface area contributed by atoms with Crippen molar-refractivity contribution < 1.29 is 12.8 Å². The monoisotopic (exact) mass is 283 g/mol. The van der Waals surface area contributed by atoms with E-state index in [0.29, 0.717) is 12.2 Å². The van der Waals surface area contributed by atoms with Gasteiger partial charge in [-0.15, -0.1) is 0 Å². The van der Waals surface area contributed by atoms with E-state index in [-0.39, 0.29) is 16.1 Å². The van der Waals surface area contributed by atoms with E-state index in [4.69, 9.17) is 0 Å². The number of hydrogen-bond acceptors (Lipinski definition) is 3. The molecule has 0 bridgehead atoms. The second-order valence-corrected chi connectivity index (χ2v) is 7.72. The smallest absolute Gasteiger partial charge is 0.183 e. The van der Waals surface area contributed by atoms with Gasteiger partial charge in [-0.3, -0.25) is 0 Å². The van der Waals surface area contributed by atoms with Crippen molar-refractivity contribution in [2.24, 2.45) is 5.41 Å². The van der Waals surface area contributed by atoms with Gasteiger partial charge in [0.05, 0.1) is 11.4 Å². The molecule has 1 saturated carbocycles. The van der Waals surface area contributed by atoms with Crippen LogP contribution in [-0.4, -0.2) is 20.7 Å².